The molecule has 1 aromatic heterocycles. The zero-order valence-electron chi connectivity index (χ0n) is 19.1. The summed E-state index contributed by atoms with van der Waals surface area (Å²) >= 11 is 0. The van der Waals surface area contributed by atoms with Gasteiger partial charge in [-0.3, -0.25) is 9.69 Å². The van der Waals surface area contributed by atoms with Crippen LogP contribution in [0.25, 0.3) is 0 Å². The molecular weight excluding hydrogens is 418 g/mol. The molecule has 0 radical (unpaired) electrons. The van der Waals surface area contributed by atoms with E-state index >= 15 is 0 Å². The van der Waals surface area contributed by atoms with Gasteiger partial charge in [-0.05, 0) is 49.2 Å². The van der Waals surface area contributed by atoms with Gasteiger partial charge in [0.2, 0.25) is 0 Å². The number of carbonyl (C=O) groups excluding carboxylic acids is 1. The number of anilines is 3. The zero-order chi connectivity index (χ0) is 22.5. The maximum atomic E-state index is 12.9. The third-order valence-electron chi connectivity index (χ3n) is 6.86. The van der Waals surface area contributed by atoms with Gasteiger partial charge in [0.1, 0.15) is 5.82 Å². The Morgan fingerprint density at radius 1 is 0.848 bits per heavy atom. The normalized spacial score (nSPS) is 20.6. The molecule has 1 aromatic carbocycles. The van der Waals surface area contributed by atoms with E-state index in [1.165, 1.54) is 0 Å². The number of aromatic nitrogens is 1. The molecule has 176 valence electrons. The summed E-state index contributed by atoms with van der Waals surface area (Å²) in [6.45, 7) is 8.99. The van der Waals surface area contributed by atoms with Crippen LogP contribution < -0.4 is 15.1 Å². The highest BCUT2D eigenvalue weighted by atomic mass is 16.5. The molecule has 0 atom stereocenters. The van der Waals surface area contributed by atoms with Crippen molar-refractivity contribution >= 4 is 23.1 Å². The van der Waals surface area contributed by atoms with Gasteiger partial charge >= 0.3 is 0 Å². The number of morpholine rings is 2. The fourth-order valence-corrected chi connectivity index (χ4v) is 4.92. The average Bonchev–Trinajstić information content (AvgIpc) is 2.90. The fourth-order valence-electron chi connectivity index (χ4n) is 4.92. The number of nitrogens with one attached hydrogen (secondary N) is 1. The number of hydrogen-bond donors (Lipinski definition) is 1. The summed E-state index contributed by atoms with van der Waals surface area (Å²) in [5, 5.41) is 3.02. The molecule has 8 nitrogen and oxygen atoms in total. The van der Waals surface area contributed by atoms with E-state index in [1.54, 1.807) is 12.3 Å². The van der Waals surface area contributed by atoms with E-state index in [2.05, 4.69) is 37.1 Å². The molecule has 3 aliphatic rings. The quantitative estimate of drug-likeness (QED) is 0.749. The molecule has 4 heterocycles. The smallest absolute Gasteiger partial charge is 0.255 e. The lowest BCUT2D eigenvalue weighted by molar-refractivity contribution is 0.0115. The van der Waals surface area contributed by atoms with Crippen LogP contribution in [0.2, 0.25) is 0 Å². The summed E-state index contributed by atoms with van der Waals surface area (Å²) in [6, 6.07) is 12.3. The van der Waals surface area contributed by atoms with E-state index in [9.17, 15) is 4.79 Å². The number of amides is 1. The largest absolute Gasteiger partial charge is 0.379 e. The highest BCUT2D eigenvalue weighted by Gasteiger charge is 2.26. The summed E-state index contributed by atoms with van der Waals surface area (Å²) in [5.41, 5.74) is 2.58. The van der Waals surface area contributed by atoms with Crippen molar-refractivity contribution in [2.24, 2.45) is 0 Å². The molecule has 0 aliphatic carbocycles. The number of nitrogens with zero attached hydrogens (tertiary/aromatic N) is 4. The van der Waals surface area contributed by atoms with Gasteiger partial charge in [-0.2, -0.15) is 0 Å². The molecule has 0 unspecified atom stereocenters. The average molecular weight is 452 g/mol. The predicted molar refractivity (Wildman–Crippen MR) is 129 cm³/mol. The van der Waals surface area contributed by atoms with Crippen molar-refractivity contribution in [2.45, 2.75) is 18.9 Å². The lowest BCUT2D eigenvalue weighted by Crippen LogP contribution is -2.49. The zero-order valence-corrected chi connectivity index (χ0v) is 19.1. The molecule has 3 saturated heterocycles. The summed E-state index contributed by atoms with van der Waals surface area (Å²) in [5.74, 6) is 0.770. The van der Waals surface area contributed by atoms with E-state index in [-0.39, 0.29) is 5.91 Å². The molecule has 3 aliphatic heterocycles. The number of benzene rings is 1. The minimum Gasteiger partial charge on any atom is -0.379 e. The monoisotopic (exact) mass is 451 g/mol. The van der Waals surface area contributed by atoms with Gasteiger partial charge in [-0.15, -0.1) is 0 Å². The van der Waals surface area contributed by atoms with Crippen LogP contribution in [0, 0.1) is 0 Å². The molecule has 1 amide bonds. The number of hydrogen-bond acceptors (Lipinski definition) is 7. The Balaban J connectivity index is 1.17. The molecule has 1 N–H and O–H groups in total. The van der Waals surface area contributed by atoms with Gasteiger partial charge < -0.3 is 24.6 Å². The third kappa shape index (κ3) is 5.46. The second-order valence-corrected chi connectivity index (χ2v) is 8.87. The molecule has 0 bridgehead atoms. The van der Waals surface area contributed by atoms with Gasteiger partial charge in [0.25, 0.3) is 5.91 Å². The fraction of sp³-hybridized carbons (Fsp3) is 0.520. The number of carbonyl (C=O) groups is 1. The van der Waals surface area contributed by atoms with E-state index in [1.807, 2.05) is 18.2 Å². The maximum absolute atomic E-state index is 12.9. The second-order valence-electron chi connectivity index (χ2n) is 8.87. The van der Waals surface area contributed by atoms with Crippen molar-refractivity contribution in [3.8, 4) is 0 Å². The van der Waals surface area contributed by atoms with Gasteiger partial charge in [0.05, 0.1) is 26.4 Å². The third-order valence-corrected chi connectivity index (χ3v) is 6.86. The summed E-state index contributed by atoms with van der Waals surface area (Å²) in [4.78, 5) is 24.6. The standard InChI is InChI=1S/C25H33N5O3/c31-25(27-21-1-3-22(4-2-21)28-11-15-32-16-12-28)20-5-8-26-24(19-20)30-9-6-23(7-10-30)29-13-17-33-18-14-29/h1-5,8,19,23H,6-7,9-18H2,(H,27,31). The van der Waals surface area contributed by atoms with E-state index in [4.69, 9.17) is 9.47 Å². The van der Waals surface area contributed by atoms with E-state index in [0.717, 1.165) is 95.7 Å². The SMILES string of the molecule is O=C(Nc1ccc(N2CCOCC2)cc1)c1ccnc(N2CCC(N3CCOCC3)CC2)c1. The first-order chi connectivity index (χ1) is 16.3. The lowest BCUT2D eigenvalue weighted by Gasteiger charge is -2.40. The molecule has 8 heteroatoms. The number of rotatable bonds is 5. The molecule has 33 heavy (non-hydrogen) atoms. The van der Waals surface area contributed by atoms with Crippen molar-refractivity contribution in [3.63, 3.8) is 0 Å². The van der Waals surface area contributed by atoms with Crippen LogP contribution in [0.4, 0.5) is 17.2 Å². The number of pyridine rings is 1. The molecule has 0 spiro atoms. The van der Waals surface area contributed by atoms with Crippen LogP contribution in [0.1, 0.15) is 23.2 Å². The van der Waals surface area contributed by atoms with Crippen molar-refractivity contribution in [2.75, 3.05) is 80.8 Å². The first-order valence-electron chi connectivity index (χ1n) is 12.0. The lowest BCUT2D eigenvalue weighted by atomic mass is 10.0. The highest BCUT2D eigenvalue weighted by Crippen LogP contribution is 2.23. The van der Waals surface area contributed by atoms with Crippen LogP contribution in [0.5, 0.6) is 0 Å². The van der Waals surface area contributed by atoms with Gasteiger partial charge in [-0.25, -0.2) is 4.98 Å². The molecule has 3 fully saturated rings. The van der Waals surface area contributed by atoms with Crippen LogP contribution in [0.15, 0.2) is 42.6 Å². The van der Waals surface area contributed by atoms with Gasteiger partial charge in [-0.1, -0.05) is 0 Å². The van der Waals surface area contributed by atoms with E-state index < -0.39 is 0 Å². The summed E-state index contributed by atoms with van der Waals surface area (Å²) in [6.07, 6.45) is 3.97. The van der Waals surface area contributed by atoms with Crippen molar-refractivity contribution in [1.82, 2.24) is 9.88 Å². The summed E-state index contributed by atoms with van der Waals surface area (Å²) in [7, 11) is 0. The Kier molecular flexibility index (Phi) is 7.04. The molecule has 0 saturated carbocycles. The minimum atomic E-state index is -0.110. The Labute approximate surface area is 195 Å². The maximum Gasteiger partial charge on any atom is 0.255 e. The van der Waals surface area contributed by atoms with Crippen LogP contribution in [-0.2, 0) is 9.47 Å². The van der Waals surface area contributed by atoms with Crippen LogP contribution in [0.3, 0.4) is 0 Å². The van der Waals surface area contributed by atoms with Crippen molar-refractivity contribution in [3.05, 3.63) is 48.2 Å². The Morgan fingerprint density at radius 2 is 1.52 bits per heavy atom. The Hall–Kier alpha value is -2.68. The minimum absolute atomic E-state index is 0.110. The van der Waals surface area contributed by atoms with Crippen molar-refractivity contribution < 1.29 is 14.3 Å². The highest BCUT2D eigenvalue weighted by molar-refractivity contribution is 6.04. The first kappa shape index (κ1) is 22.1. The predicted octanol–water partition coefficient (Wildman–Crippen LogP) is 2.47. The molecule has 2 aromatic rings. The topological polar surface area (TPSA) is 70.2 Å². The molecular formula is C25H33N5O3. The Bertz CT molecular complexity index is 918. The van der Waals surface area contributed by atoms with Crippen molar-refractivity contribution in [1.29, 1.82) is 0 Å². The van der Waals surface area contributed by atoms with Crippen LogP contribution in [-0.4, -0.2) is 87.5 Å². The second kappa shape index (κ2) is 10.5. The first-order valence-corrected chi connectivity index (χ1v) is 12.0. The number of piperidine rings is 1. The van der Waals surface area contributed by atoms with E-state index in [0.29, 0.717) is 11.6 Å². The van der Waals surface area contributed by atoms with Crippen LogP contribution >= 0.6 is 0 Å². The van der Waals surface area contributed by atoms with Gasteiger partial charge in [0.15, 0.2) is 0 Å². The molecule has 5 rings (SSSR count). The number of ether oxygens (including phenoxy) is 2. The summed E-state index contributed by atoms with van der Waals surface area (Å²) < 4.78 is 10.9. The Morgan fingerprint density at radius 3 is 2.21 bits per heavy atom. The van der Waals surface area contributed by atoms with Gasteiger partial charge in [0, 0.05) is 68.4 Å².